The van der Waals surface area contributed by atoms with E-state index in [2.05, 4.69) is 43.4 Å². The average Bonchev–Trinajstić information content (AvgIpc) is 2.58. The molecule has 0 radical (unpaired) electrons. The van der Waals surface area contributed by atoms with Crippen LogP contribution in [0.3, 0.4) is 0 Å². The van der Waals surface area contributed by atoms with Gasteiger partial charge < -0.3 is 11.1 Å². The summed E-state index contributed by atoms with van der Waals surface area (Å²) in [4.78, 5) is 0. The molecular weight excluding hydrogens is 292 g/mol. The van der Waals surface area contributed by atoms with E-state index in [0.29, 0.717) is 0 Å². The highest BCUT2D eigenvalue weighted by molar-refractivity contribution is 5.76. The molecule has 1 atom stereocenters. The molecule has 1 saturated carbocycles. The molecule has 0 aromatic heterocycles. The van der Waals surface area contributed by atoms with Crippen LogP contribution < -0.4 is 11.1 Å². The largest absolute Gasteiger partial charge is 0.325 e. The lowest BCUT2D eigenvalue weighted by Gasteiger charge is -2.52. The number of nitrogens with two attached hydrogens (primary N) is 1. The molecule has 1 spiro atoms. The lowest BCUT2D eigenvalue weighted by Crippen LogP contribution is -2.58. The topological polar surface area (TPSA) is 38.0 Å². The lowest BCUT2D eigenvalue weighted by atomic mass is 9.60. The van der Waals surface area contributed by atoms with Crippen molar-refractivity contribution in [3.05, 3.63) is 41.0 Å². The SMILES string of the molecule is CCCC1Cc2ccccc2C2=C1C1(CCC(C)(N)CC1)NCC2. The van der Waals surface area contributed by atoms with Gasteiger partial charge in [0.05, 0.1) is 0 Å². The minimum Gasteiger partial charge on any atom is -0.325 e. The molecule has 2 heteroatoms. The zero-order valence-corrected chi connectivity index (χ0v) is 15.3. The van der Waals surface area contributed by atoms with Crippen LogP contribution in [0, 0.1) is 5.92 Å². The van der Waals surface area contributed by atoms with Crippen molar-refractivity contribution < 1.29 is 0 Å². The van der Waals surface area contributed by atoms with Crippen LogP contribution in [0.1, 0.15) is 69.9 Å². The van der Waals surface area contributed by atoms with Crippen molar-refractivity contribution in [2.75, 3.05) is 6.54 Å². The molecule has 0 amide bonds. The predicted octanol–water partition coefficient (Wildman–Crippen LogP) is 4.44. The third-order valence-corrected chi connectivity index (χ3v) is 6.78. The molecule has 1 heterocycles. The summed E-state index contributed by atoms with van der Waals surface area (Å²) in [5.41, 5.74) is 13.3. The van der Waals surface area contributed by atoms with Gasteiger partial charge in [-0.1, -0.05) is 37.6 Å². The molecule has 1 aliphatic heterocycles. The first kappa shape index (κ1) is 16.4. The second-order valence-corrected chi connectivity index (χ2v) is 8.65. The summed E-state index contributed by atoms with van der Waals surface area (Å²) in [6.45, 7) is 5.69. The summed E-state index contributed by atoms with van der Waals surface area (Å²) in [6, 6.07) is 9.15. The van der Waals surface area contributed by atoms with E-state index in [1.165, 1.54) is 38.5 Å². The smallest absolute Gasteiger partial charge is 0.0404 e. The Labute approximate surface area is 146 Å². The molecule has 1 unspecified atom stereocenters. The van der Waals surface area contributed by atoms with E-state index >= 15 is 0 Å². The van der Waals surface area contributed by atoms with Crippen LogP contribution in [-0.4, -0.2) is 17.6 Å². The van der Waals surface area contributed by atoms with Gasteiger partial charge in [-0.3, -0.25) is 0 Å². The fourth-order valence-electron chi connectivity index (χ4n) is 5.51. The van der Waals surface area contributed by atoms with E-state index in [4.69, 9.17) is 5.73 Å². The van der Waals surface area contributed by atoms with Crippen LogP contribution in [0.15, 0.2) is 29.8 Å². The number of fused-ring (bicyclic) bond motifs is 3. The summed E-state index contributed by atoms with van der Waals surface area (Å²) >= 11 is 0. The first-order valence-electron chi connectivity index (χ1n) is 9.90. The Balaban J connectivity index is 1.81. The summed E-state index contributed by atoms with van der Waals surface area (Å²) in [6.07, 6.45) is 9.70. The number of hydrogen-bond donors (Lipinski definition) is 2. The molecule has 1 aromatic rings. The number of hydrogen-bond acceptors (Lipinski definition) is 2. The fraction of sp³-hybridized carbons (Fsp3) is 0.636. The maximum atomic E-state index is 6.46. The first-order chi connectivity index (χ1) is 11.5. The van der Waals surface area contributed by atoms with Crippen molar-refractivity contribution in [3.63, 3.8) is 0 Å². The number of rotatable bonds is 2. The molecule has 4 rings (SSSR count). The Kier molecular flexibility index (Phi) is 4.09. The third kappa shape index (κ3) is 2.64. The summed E-state index contributed by atoms with van der Waals surface area (Å²) in [5, 5.41) is 3.98. The molecule has 130 valence electrons. The van der Waals surface area contributed by atoms with Gasteiger partial charge in [0.15, 0.2) is 0 Å². The predicted molar refractivity (Wildman–Crippen MR) is 102 cm³/mol. The van der Waals surface area contributed by atoms with Gasteiger partial charge in [0.1, 0.15) is 0 Å². The van der Waals surface area contributed by atoms with Crippen molar-refractivity contribution >= 4 is 5.57 Å². The molecule has 2 nitrogen and oxygen atoms in total. The number of benzene rings is 1. The Morgan fingerprint density at radius 1 is 1.17 bits per heavy atom. The van der Waals surface area contributed by atoms with Gasteiger partial charge in [-0.15, -0.1) is 0 Å². The zero-order chi connectivity index (χ0) is 16.8. The summed E-state index contributed by atoms with van der Waals surface area (Å²) < 4.78 is 0. The minimum atomic E-state index is 0.0257. The summed E-state index contributed by atoms with van der Waals surface area (Å²) in [5.74, 6) is 0.717. The molecule has 0 saturated heterocycles. The Morgan fingerprint density at radius 3 is 2.67 bits per heavy atom. The molecule has 0 bridgehead atoms. The zero-order valence-electron chi connectivity index (χ0n) is 15.3. The van der Waals surface area contributed by atoms with Crippen LogP contribution in [0.2, 0.25) is 0 Å². The van der Waals surface area contributed by atoms with Crippen molar-refractivity contribution in [2.24, 2.45) is 11.7 Å². The second-order valence-electron chi connectivity index (χ2n) is 8.65. The van der Waals surface area contributed by atoms with E-state index in [1.807, 2.05) is 0 Å². The second kappa shape index (κ2) is 6.00. The third-order valence-electron chi connectivity index (χ3n) is 6.78. The van der Waals surface area contributed by atoms with Crippen LogP contribution >= 0.6 is 0 Å². The molecular formula is C22H32N2. The van der Waals surface area contributed by atoms with Crippen molar-refractivity contribution in [3.8, 4) is 0 Å². The fourth-order valence-corrected chi connectivity index (χ4v) is 5.51. The van der Waals surface area contributed by atoms with E-state index < -0.39 is 0 Å². The van der Waals surface area contributed by atoms with Crippen LogP contribution in [0.4, 0.5) is 0 Å². The molecule has 24 heavy (non-hydrogen) atoms. The van der Waals surface area contributed by atoms with Crippen molar-refractivity contribution in [1.82, 2.24) is 5.32 Å². The molecule has 3 aliphatic rings. The van der Waals surface area contributed by atoms with Crippen molar-refractivity contribution in [2.45, 2.75) is 76.3 Å². The Bertz CT molecular complexity index is 646. The molecule has 3 N–H and O–H groups in total. The van der Waals surface area contributed by atoms with Gasteiger partial charge in [0, 0.05) is 17.6 Å². The highest BCUT2D eigenvalue weighted by atomic mass is 15.0. The standard InChI is InChI=1S/C22H32N2/c1-3-6-17-15-16-7-4-5-8-18(16)19-9-14-24-22(20(17)19)12-10-21(2,23)11-13-22/h4-5,7-8,17,24H,3,6,9-15,23H2,1-2H3. The average molecular weight is 325 g/mol. The number of nitrogens with one attached hydrogen (secondary N) is 1. The van der Waals surface area contributed by atoms with Gasteiger partial charge >= 0.3 is 0 Å². The van der Waals surface area contributed by atoms with Crippen LogP contribution in [0.25, 0.3) is 5.57 Å². The molecule has 1 fully saturated rings. The van der Waals surface area contributed by atoms with Gasteiger partial charge in [0.2, 0.25) is 0 Å². The Morgan fingerprint density at radius 2 is 1.92 bits per heavy atom. The summed E-state index contributed by atoms with van der Waals surface area (Å²) in [7, 11) is 0. The minimum absolute atomic E-state index is 0.0257. The monoisotopic (exact) mass is 324 g/mol. The molecule has 1 aromatic carbocycles. The van der Waals surface area contributed by atoms with Crippen LogP contribution in [0.5, 0.6) is 0 Å². The van der Waals surface area contributed by atoms with E-state index in [0.717, 1.165) is 25.3 Å². The van der Waals surface area contributed by atoms with Gasteiger partial charge in [-0.05, 0) is 80.1 Å². The maximum Gasteiger partial charge on any atom is 0.0404 e. The van der Waals surface area contributed by atoms with E-state index in [-0.39, 0.29) is 11.1 Å². The maximum absolute atomic E-state index is 6.46. The van der Waals surface area contributed by atoms with Gasteiger partial charge in [-0.25, -0.2) is 0 Å². The van der Waals surface area contributed by atoms with Gasteiger partial charge in [0.25, 0.3) is 0 Å². The highest BCUT2D eigenvalue weighted by Gasteiger charge is 2.47. The highest BCUT2D eigenvalue weighted by Crippen LogP contribution is 2.50. The van der Waals surface area contributed by atoms with Gasteiger partial charge in [-0.2, -0.15) is 0 Å². The van der Waals surface area contributed by atoms with Crippen LogP contribution in [-0.2, 0) is 6.42 Å². The normalized spacial score (nSPS) is 35.7. The van der Waals surface area contributed by atoms with Crippen molar-refractivity contribution in [1.29, 1.82) is 0 Å². The molecule has 2 aliphatic carbocycles. The lowest BCUT2D eigenvalue weighted by molar-refractivity contribution is 0.186. The quantitative estimate of drug-likeness (QED) is 0.844. The van der Waals surface area contributed by atoms with E-state index in [9.17, 15) is 0 Å². The first-order valence-corrected chi connectivity index (χ1v) is 9.90. The van der Waals surface area contributed by atoms with E-state index in [1.54, 1.807) is 22.3 Å². The Hall–Kier alpha value is -1.12.